The number of aromatic nitrogens is 2. The molecule has 9 heteroatoms. The van der Waals surface area contributed by atoms with Crippen LogP contribution in [0.15, 0.2) is 24.3 Å². The Balaban J connectivity index is 2.41. The number of hydrogen-bond donors (Lipinski definition) is 1. The molecule has 2 rings (SSSR count). The topological polar surface area (TPSA) is 58.1 Å². The van der Waals surface area contributed by atoms with Crippen LogP contribution in [0, 0.1) is 6.92 Å². The van der Waals surface area contributed by atoms with Crippen molar-refractivity contribution >= 4 is 29.0 Å². The van der Waals surface area contributed by atoms with E-state index >= 15 is 0 Å². The molecule has 0 unspecified atom stereocenters. The summed E-state index contributed by atoms with van der Waals surface area (Å²) in [6.45, 7) is 6.22. The average molecular weight is 387 g/mol. The zero-order valence-electron chi connectivity index (χ0n) is 14.5. The first-order valence-electron chi connectivity index (χ1n) is 7.94. The van der Waals surface area contributed by atoms with Gasteiger partial charge < -0.3 is 10.2 Å². The summed E-state index contributed by atoms with van der Waals surface area (Å²) in [6.07, 6.45) is -4.59. The van der Waals surface area contributed by atoms with E-state index in [1.165, 1.54) is 18.2 Å². The summed E-state index contributed by atoms with van der Waals surface area (Å²) >= 11 is 5.68. The molecule has 1 amide bonds. The molecular formula is C17H18ClF3N4O. The number of aryl methyl sites for hydroxylation is 1. The van der Waals surface area contributed by atoms with Gasteiger partial charge in [0.25, 0.3) is 5.91 Å². The average Bonchev–Trinajstić information content (AvgIpc) is 2.56. The molecule has 0 radical (unpaired) electrons. The van der Waals surface area contributed by atoms with Crippen molar-refractivity contribution in [1.82, 2.24) is 14.9 Å². The maximum atomic E-state index is 13.2. The summed E-state index contributed by atoms with van der Waals surface area (Å²) in [5, 5.41) is 2.59. The van der Waals surface area contributed by atoms with Crippen LogP contribution in [0.5, 0.6) is 0 Å². The SMILES string of the molecule is CCN(CC)C(=O)c1cc(Nc2ccc(Cl)cc2C(F)(F)F)nc(C)n1. The molecule has 140 valence electrons. The number of rotatable bonds is 5. The largest absolute Gasteiger partial charge is 0.418 e. The number of nitrogens with zero attached hydrogens (tertiary/aromatic N) is 3. The molecule has 0 fully saturated rings. The van der Waals surface area contributed by atoms with Crippen LogP contribution in [-0.2, 0) is 6.18 Å². The molecule has 26 heavy (non-hydrogen) atoms. The van der Waals surface area contributed by atoms with Crippen LogP contribution in [0.1, 0.15) is 35.7 Å². The minimum absolute atomic E-state index is 0.0286. The highest BCUT2D eigenvalue weighted by atomic mass is 35.5. The lowest BCUT2D eigenvalue weighted by molar-refractivity contribution is -0.136. The Morgan fingerprint density at radius 1 is 1.19 bits per heavy atom. The lowest BCUT2D eigenvalue weighted by atomic mass is 10.1. The van der Waals surface area contributed by atoms with Crippen molar-refractivity contribution in [3.05, 3.63) is 46.4 Å². The van der Waals surface area contributed by atoms with Crippen molar-refractivity contribution in [3.63, 3.8) is 0 Å². The Hall–Kier alpha value is -2.35. The van der Waals surface area contributed by atoms with Crippen LogP contribution < -0.4 is 5.32 Å². The van der Waals surface area contributed by atoms with E-state index in [0.29, 0.717) is 13.1 Å². The normalized spacial score (nSPS) is 11.3. The van der Waals surface area contributed by atoms with E-state index in [1.807, 2.05) is 13.8 Å². The summed E-state index contributed by atoms with van der Waals surface area (Å²) in [5.74, 6) is 0.0598. The fraction of sp³-hybridized carbons (Fsp3) is 0.353. The first-order chi connectivity index (χ1) is 12.2. The quantitative estimate of drug-likeness (QED) is 0.810. The van der Waals surface area contributed by atoms with Gasteiger partial charge in [0, 0.05) is 24.2 Å². The van der Waals surface area contributed by atoms with Crippen LogP contribution in [0.2, 0.25) is 5.02 Å². The van der Waals surface area contributed by atoms with Crippen molar-refractivity contribution in [2.75, 3.05) is 18.4 Å². The number of nitrogens with one attached hydrogen (secondary N) is 1. The predicted octanol–water partition coefficient (Wildman–Crippen LogP) is 4.68. The van der Waals surface area contributed by atoms with Gasteiger partial charge in [-0.2, -0.15) is 13.2 Å². The third-order valence-corrected chi connectivity index (χ3v) is 3.89. The lowest BCUT2D eigenvalue weighted by Gasteiger charge is -2.19. The van der Waals surface area contributed by atoms with Gasteiger partial charge in [-0.25, -0.2) is 9.97 Å². The minimum Gasteiger partial charge on any atom is -0.340 e. The highest BCUT2D eigenvalue weighted by Crippen LogP contribution is 2.37. The molecule has 2 aromatic rings. The number of hydrogen-bond acceptors (Lipinski definition) is 4. The van der Waals surface area contributed by atoms with Crippen LogP contribution >= 0.6 is 11.6 Å². The van der Waals surface area contributed by atoms with E-state index in [0.717, 1.165) is 6.07 Å². The van der Waals surface area contributed by atoms with E-state index in [9.17, 15) is 18.0 Å². The van der Waals surface area contributed by atoms with Crippen LogP contribution in [-0.4, -0.2) is 33.9 Å². The van der Waals surface area contributed by atoms with Crippen molar-refractivity contribution in [1.29, 1.82) is 0 Å². The number of carbonyl (C=O) groups is 1. The molecule has 0 aliphatic rings. The van der Waals surface area contributed by atoms with Gasteiger partial charge in [0.05, 0.1) is 11.3 Å². The monoisotopic (exact) mass is 386 g/mol. The van der Waals surface area contributed by atoms with Gasteiger partial charge in [-0.15, -0.1) is 0 Å². The Kier molecular flexibility index (Phi) is 6.07. The highest BCUT2D eigenvalue weighted by Gasteiger charge is 2.34. The zero-order valence-corrected chi connectivity index (χ0v) is 15.2. The molecule has 0 bridgehead atoms. The van der Waals surface area contributed by atoms with E-state index < -0.39 is 11.7 Å². The Labute approximate surface area is 154 Å². The minimum atomic E-state index is -4.59. The van der Waals surface area contributed by atoms with E-state index in [1.54, 1.807) is 11.8 Å². The molecule has 1 heterocycles. The second-order valence-electron chi connectivity index (χ2n) is 5.48. The first-order valence-corrected chi connectivity index (χ1v) is 8.32. The van der Waals surface area contributed by atoms with E-state index in [2.05, 4.69) is 15.3 Å². The summed E-state index contributed by atoms with van der Waals surface area (Å²) in [6, 6.07) is 4.73. The fourth-order valence-corrected chi connectivity index (χ4v) is 2.58. The molecule has 0 saturated heterocycles. The van der Waals surface area contributed by atoms with Crippen molar-refractivity contribution in [3.8, 4) is 0 Å². The van der Waals surface area contributed by atoms with Gasteiger partial charge in [0.2, 0.25) is 0 Å². The Morgan fingerprint density at radius 2 is 1.85 bits per heavy atom. The zero-order chi connectivity index (χ0) is 19.5. The third kappa shape index (κ3) is 4.63. The summed E-state index contributed by atoms with van der Waals surface area (Å²) in [7, 11) is 0. The maximum absolute atomic E-state index is 13.2. The molecule has 1 N–H and O–H groups in total. The standard InChI is InChI=1S/C17H18ClF3N4O/c1-4-25(5-2)16(26)14-9-15(23-10(3)22-14)24-13-7-6-11(18)8-12(13)17(19,20)21/h6-9H,4-5H2,1-3H3,(H,22,23,24). The van der Waals surface area contributed by atoms with Gasteiger partial charge >= 0.3 is 6.18 Å². The fourth-order valence-electron chi connectivity index (χ4n) is 2.41. The highest BCUT2D eigenvalue weighted by molar-refractivity contribution is 6.30. The molecule has 0 aliphatic heterocycles. The van der Waals surface area contributed by atoms with Gasteiger partial charge in [0.15, 0.2) is 0 Å². The second kappa shape index (κ2) is 7.90. The summed E-state index contributed by atoms with van der Waals surface area (Å²) in [5.41, 5.74) is -1.01. The number of amides is 1. The molecule has 0 saturated carbocycles. The van der Waals surface area contributed by atoms with E-state index in [4.69, 9.17) is 11.6 Å². The molecule has 0 spiro atoms. The summed E-state index contributed by atoms with van der Waals surface area (Å²) in [4.78, 5) is 22.2. The molecular weight excluding hydrogens is 369 g/mol. The van der Waals surface area contributed by atoms with Gasteiger partial charge in [-0.05, 0) is 39.0 Å². The lowest BCUT2D eigenvalue weighted by Crippen LogP contribution is -2.31. The molecule has 0 aliphatic carbocycles. The van der Waals surface area contributed by atoms with Crippen molar-refractivity contribution in [2.24, 2.45) is 0 Å². The van der Waals surface area contributed by atoms with Crippen LogP contribution in [0.25, 0.3) is 0 Å². The van der Waals surface area contributed by atoms with Crippen molar-refractivity contribution in [2.45, 2.75) is 26.9 Å². The number of carbonyl (C=O) groups excluding carboxylic acids is 1. The molecule has 5 nitrogen and oxygen atoms in total. The number of benzene rings is 1. The summed E-state index contributed by atoms with van der Waals surface area (Å²) < 4.78 is 39.7. The van der Waals surface area contributed by atoms with Gasteiger partial charge in [-0.1, -0.05) is 11.6 Å². The predicted molar refractivity (Wildman–Crippen MR) is 93.8 cm³/mol. The van der Waals surface area contributed by atoms with Crippen molar-refractivity contribution < 1.29 is 18.0 Å². The second-order valence-corrected chi connectivity index (χ2v) is 5.91. The van der Waals surface area contributed by atoms with Crippen LogP contribution in [0.3, 0.4) is 0 Å². The smallest absolute Gasteiger partial charge is 0.340 e. The number of halogens is 4. The molecule has 1 aromatic carbocycles. The van der Waals surface area contributed by atoms with Gasteiger partial charge in [0.1, 0.15) is 17.3 Å². The Bertz CT molecular complexity index is 807. The van der Waals surface area contributed by atoms with E-state index in [-0.39, 0.29) is 34.0 Å². The molecule has 1 aromatic heterocycles. The van der Waals surface area contributed by atoms with Crippen LogP contribution in [0.4, 0.5) is 24.7 Å². The van der Waals surface area contributed by atoms with Gasteiger partial charge in [-0.3, -0.25) is 4.79 Å². The number of alkyl halides is 3. The third-order valence-electron chi connectivity index (χ3n) is 3.66. The molecule has 0 atom stereocenters. The number of anilines is 2. The first kappa shape index (κ1) is 20.0. The maximum Gasteiger partial charge on any atom is 0.418 e. The Morgan fingerprint density at radius 3 is 2.42 bits per heavy atom.